The van der Waals surface area contributed by atoms with Crippen LogP contribution < -0.4 is 5.46 Å². The van der Waals surface area contributed by atoms with E-state index in [1.165, 1.54) is 0 Å². The molecule has 0 spiro atoms. The van der Waals surface area contributed by atoms with Crippen LogP contribution in [0.15, 0.2) is 36.8 Å². The molecule has 0 aromatic carbocycles. The largest absolute Gasteiger partial charge is 0.498 e. The Bertz CT molecular complexity index is 886. The van der Waals surface area contributed by atoms with E-state index in [0.29, 0.717) is 0 Å². The smallest absolute Gasteiger partial charge is 0.399 e. The third-order valence-corrected chi connectivity index (χ3v) is 3.65. The number of rotatable bonds is 2. The van der Waals surface area contributed by atoms with Crippen molar-refractivity contribution in [3.8, 4) is 5.69 Å². The molecule has 2 aromatic heterocycles. The summed E-state index contributed by atoms with van der Waals surface area (Å²) in [5.41, 5.74) is -1.48. The van der Waals surface area contributed by atoms with Gasteiger partial charge >= 0.3 is 7.12 Å². The van der Waals surface area contributed by atoms with Gasteiger partial charge in [0.15, 0.2) is 0 Å². The Morgan fingerprint density at radius 3 is 2.60 bits per heavy atom. The molecule has 5 nitrogen and oxygen atoms in total. The Kier molecular flexibility index (Phi) is 1.76. The van der Waals surface area contributed by atoms with Gasteiger partial charge in [0.25, 0.3) is 0 Å². The summed E-state index contributed by atoms with van der Waals surface area (Å²) in [6, 6.07) is -0.930. The second-order valence-corrected chi connectivity index (χ2v) is 5.57. The lowest BCUT2D eigenvalue weighted by Gasteiger charge is -2.32. The number of nitrogens with zero attached hydrogens (tertiary/aromatic N) is 3. The summed E-state index contributed by atoms with van der Waals surface area (Å²) in [7, 11) is -0.990. The highest BCUT2D eigenvalue weighted by molar-refractivity contribution is 6.62. The maximum absolute atomic E-state index is 8.36. The SMILES string of the molecule is [2H]c1nc([2H])c(-n2nc([2H])c(B3OC(C)(C)C(C)(C)O3)c2[2H])c([2H])c1[2H]. The molecule has 1 saturated heterocycles. The summed E-state index contributed by atoms with van der Waals surface area (Å²) in [5.74, 6) is 0. The van der Waals surface area contributed by atoms with Gasteiger partial charge in [-0.2, -0.15) is 5.10 Å². The number of hydrogen-bond acceptors (Lipinski definition) is 4. The minimum Gasteiger partial charge on any atom is -0.399 e. The minimum atomic E-state index is -0.990. The van der Waals surface area contributed by atoms with Gasteiger partial charge in [0, 0.05) is 24.0 Å². The summed E-state index contributed by atoms with van der Waals surface area (Å²) < 4.78 is 60.2. The molecule has 6 heteroatoms. The molecule has 0 aliphatic carbocycles. The van der Waals surface area contributed by atoms with Gasteiger partial charge in [0.2, 0.25) is 0 Å². The van der Waals surface area contributed by atoms with Crippen molar-refractivity contribution in [2.24, 2.45) is 0 Å². The van der Waals surface area contributed by atoms with Crippen LogP contribution in [-0.4, -0.2) is 33.1 Å². The molecule has 20 heavy (non-hydrogen) atoms. The maximum atomic E-state index is 8.36. The fourth-order valence-electron chi connectivity index (χ4n) is 1.76. The summed E-state index contributed by atoms with van der Waals surface area (Å²) in [5, 5.41) is 3.92. The van der Waals surface area contributed by atoms with E-state index in [0.717, 1.165) is 4.68 Å². The zero-order valence-corrected chi connectivity index (χ0v) is 11.7. The molecule has 0 amide bonds. The second kappa shape index (κ2) is 4.43. The fraction of sp³-hybridized carbons (Fsp3) is 0.429. The maximum Gasteiger partial charge on any atom is 0.498 e. The third kappa shape index (κ3) is 2.15. The van der Waals surface area contributed by atoms with E-state index in [9.17, 15) is 0 Å². The highest BCUT2D eigenvalue weighted by Crippen LogP contribution is 2.36. The van der Waals surface area contributed by atoms with Gasteiger partial charge in [-0.15, -0.1) is 0 Å². The molecule has 3 rings (SSSR count). The minimum absolute atomic E-state index is 0.0731. The monoisotopic (exact) mass is 277 g/mol. The lowest BCUT2D eigenvalue weighted by atomic mass is 9.82. The predicted octanol–water partition coefficient (Wildman–Crippen LogP) is 1.57. The molecule has 0 atom stereocenters. The van der Waals surface area contributed by atoms with Crippen molar-refractivity contribution in [2.45, 2.75) is 38.9 Å². The van der Waals surface area contributed by atoms with E-state index in [-0.39, 0.29) is 23.5 Å². The van der Waals surface area contributed by atoms with Crippen LogP contribution in [0, 0.1) is 0 Å². The molecule has 3 heterocycles. The molecular formula is C14H18BN3O2. The number of aromatic nitrogens is 3. The van der Waals surface area contributed by atoms with Gasteiger partial charge in [-0.25, -0.2) is 4.68 Å². The Hall–Kier alpha value is -1.66. The van der Waals surface area contributed by atoms with Gasteiger partial charge in [-0.3, -0.25) is 4.98 Å². The topological polar surface area (TPSA) is 49.2 Å². The van der Waals surface area contributed by atoms with E-state index in [1.54, 1.807) is 0 Å². The Balaban J connectivity index is 2.14. The zero-order valence-electron chi connectivity index (χ0n) is 17.7. The lowest BCUT2D eigenvalue weighted by molar-refractivity contribution is 0.00578. The number of hydrogen-bond donors (Lipinski definition) is 0. The van der Waals surface area contributed by atoms with E-state index in [2.05, 4.69) is 10.1 Å². The van der Waals surface area contributed by atoms with Gasteiger partial charge in [-0.05, 0) is 39.8 Å². The molecule has 104 valence electrons. The van der Waals surface area contributed by atoms with Crippen molar-refractivity contribution in [3.05, 3.63) is 36.8 Å². The quantitative estimate of drug-likeness (QED) is 0.782. The molecule has 0 radical (unpaired) electrons. The van der Waals surface area contributed by atoms with Crippen molar-refractivity contribution >= 4 is 12.6 Å². The van der Waals surface area contributed by atoms with E-state index in [1.807, 2.05) is 27.7 Å². The normalized spacial score (nSPS) is 24.5. The van der Waals surface area contributed by atoms with E-state index < -0.39 is 42.8 Å². The first-order valence-electron chi connectivity index (χ1n) is 9.24. The fourth-order valence-corrected chi connectivity index (χ4v) is 1.76. The highest BCUT2D eigenvalue weighted by atomic mass is 16.7. The van der Waals surface area contributed by atoms with Crippen molar-refractivity contribution in [3.63, 3.8) is 0 Å². The van der Waals surface area contributed by atoms with Crippen LogP contribution in [0.4, 0.5) is 0 Å². The van der Waals surface area contributed by atoms with Gasteiger partial charge < -0.3 is 9.31 Å². The summed E-state index contributed by atoms with van der Waals surface area (Å²) in [6.45, 7) is 7.38. The molecule has 0 saturated carbocycles. The van der Waals surface area contributed by atoms with Crippen molar-refractivity contribution in [2.75, 3.05) is 0 Å². The first-order valence-corrected chi connectivity index (χ1v) is 6.24. The van der Waals surface area contributed by atoms with E-state index in [4.69, 9.17) is 17.5 Å². The standard InChI is InChI=1S/C14H18BN3O2/c1-13(2)14(3,4)20-15(19-13)11-8-17-18(10-11)12-6-5-7-16-9-12/h5-10H,1-4H3/i5D,6D,7D,8D,9D,10D. The summed E-state index contributed by atoms with van der Waals surface area (Å²) in [4.78, 5) is 3.59. The van der Waals surface area contributed by atoms with Crippen molar-refractivity contribution in [1.82, 2.24) is 14.8 Å². The zero-order chi connectivity index (χ0) is 19.6. The van der Waals surface area contributed by atoms with Crippen LogP contribution in [0.1, 0.15) is 35.9 Å². The van der Waals surface area contributed by atoms with Gasteiger partial charge in [0.05, 0.1) is 31.3 Å². The molecule has 1 fully saturated rings. The summed E-state index contributed by atoms with van der Waals surface area (Å²) >= 11 is 0. The Morgan fingerprint density at radius 1 is 1.20 bits per heavy atom. The molecule has 0 bridgehead atoms. The second-order valence-electron chi connectivity index (χ2n) is 5.57. The van der Waals surface area contributed by atoms with Crippen molar-refractivity contribution in [1.29, 1.82) is 0 Å². The average molecular weight is 277 g/mol. The first-order chi connectivity index (χ1) is 11.9. The van der Waals surface area contributed by atoms with Crippen LogP contribution in [0.5, 0.6) is 0 Å². The molecule has 1 aliphatic rings. The Morgan fingerprint density at radius 2 is 1.90 bits per heavy atom. The molecule has 2 aromatic rings. The van der Waals surface area contributed by atoms with Gasteiger partial charge in [-0.1, -0.05) is 0 Å². The third-order valence-electron chi connectivity index (χ3n) is 3.65. The van der Waals surface area contributed by atoms with Gasteiger partial charge in [0.1, 0.15) is 0 Å². The van der Waals surface area contributed by atoms with Crippen LogP contribution in [0.25, 0.3) is 5.69 Å². The highest BCUT2D eigenvalue weighted by Gasteiger charge is 2.52. The summed E-state index contributed by atoms with van der Waals surface area (Å²) in [6.07, 6.45) is -1.53. The van der Waals surface area contributed by atoms with E-state index >= 15 is 0 Å². The Labute approximate surface area is 127 Å². The number of pyridine rings is 1. The van der Waals surface area contributed by atoms with Crippen LogP contribution in [0.3, 0.4) is 0 Å². The predicted molar refractivity (Wildman–Crippen MR) is 77.1 cm³/mol. The molecular weight excluding hydrogens is 253 g/mol. The molecule has 0 unspecified atom stereocenters. The van der Waals surface area contributed by atoms with Crippen LogP contribution in [0.2, 0.25) is 0 Å². The molecule has 1 aliphatic heterocycles. The first kappa shape index (κ1) is 7.95. The van der Waals surface area contributed by atoms with Crippen LogP contribution >= 0.6 is 0 Å². The van der Waals surface area contributed by atoms with Crippen molar-refractivity contribution < 1.29 is 17.5 Å². The van der Waals surface area contributed by atoms with Crippen LogP contribution in [-0.2, 0) is 9.31 Å². The average Bonchev–Trinajstić information content (AvgIpc) is 2.89. The lowest BCUT2D eigenvalue weighted by Crippen LogP contribution is -2.41. The molecule has 0 N–H and O–H groups in total.